The molecule has 0 saturated heterocycles. The van der Waals surface area contributed by atoms with Gasteiger partial charge in [-0.3, -0.25) is 0 Å². The van der Waals surface area contributed by atoms with Crippen molar-refractivity contribution in [3.05, 3.63) is 50.8 Å². The van der Waals surface area contributed by atoms with E-state index in [1.54, 1.807) is 13.4 Å². The van der Waals surface area contributed by atoms with Gasteiger partial charge in [-0.2, -0.15) is 0 Å². The van der Waals surface area contributed by atoms with Crippen molar-refractivity contribution >= 4 is 31.9 Å². The molecule has 1 N–H and O–H groups in total. The third-order valence-electron chi connectivity index (χ3n) is 2.83. The molecule has 0 saturated carbocycles. The van der Waals surface area contributed by atoms with Gasteiger partial charge in [-0.1, -0.05) is 22.9 Å². The van der Waals surface area contributed by atoms with Gasteiger partial charge >= 0.3 is 0 Å². The first kappa shape index (κ1) is 14.6. The Morgan fingerprint density at radius 3 is 2.63 bits per heavy atom. The second-order valence-corrected chi connectivity index (χ2v) is 5.72. The van der Waals surface area contributed by atoms with E-state index in [2.05, 4.69) is 44.1 Å². The Morgan fingerprint density at radius 1 is 1.26 bits per heavy atom. The molecule has 3 nitrogen and oxygen atoms in total. The van der Waals surface area contributed by atoms with Gasteiger partial charge in [-0.05, 0) is 52.3 Å². The van der Waals surface area contributed by atoms with Crippen LogP contribution in [0, 0.1) is 0 Å². The lowest BCUT2D eigenvalue weighted by atomic mass is 10.0. The standard InChI is InChI=1S/C14H15Br2NO2/c1-3-17-13(14-12(16)6-7-19-14)10-8-9(18-2)4-5-11(10)15/h4-8,13,17H,3H2,1-2H3. The van der Waals surface area contributed by atoms with Crippen LogP contribution >= 0.6 is 31.9 Å². The van der Waals surface area contributed by atoms with Crippen molar-refractivity contribution in [3.63, 3.8) is 0 Å². The van der Waals surface area contributed by atoms with Crippen LogP contribution in [0.4, 0.5) is 0 Å². The van der Waals surface area contributed by atoms with Crippen molar-refractivity contribution in [2.24, 2.45) is 0 Å². The van der Waals surface area contributed by atoms with E-state index in [4.69, 9.17) is 9.15 Å². The van der Waals surface area contributed by atoms with Gasteiger partial charge in [0.2, 0.25) is 0 Å². The van der Waals surface area contributed by atoms with Crippen LogP contribution in [-0.4, -0.2) is 13.7 Å². The van der Waals surface area contributed by atoms with Crippen LogP contribution in [0.3, 0.4) is 0 Å². The minimum Gasteiger partial charge on any atom is -0.497 e. The maximum Gasteiger partial charge on any atom is 0.139 e. The Balaban J connectivity index is 2.47. The van der Waals surface area contributed by atoms with Crippen LogP contribution in [0.5, 0.6) is 5.75 Å². The number of halogens is 2. The second kappa shape index (κ2) is 6.59. The molecular weight excluding hydrogens is 374 g/mol. The van der Waals surface area contributed by atoms with E-state index in [0.29, 0.717) is 0 Å². The molecule has 1 heterocycles. The Morgan fingerprint density at radius 2 is 2.05 bits per heavy atom. The highest BCUT2D eigenvalue weighted by atomic mass is 79.9. The average Bonchev–Trinajstić information content (AvgIpc) is 2.83. The summed E-state index contributed by atoms with van der Waals surface area (Å²) in [6.45, 7) is 2.90. The summed E-state index contributed by atoms with van der Waals surface area (Å²) in [6.07, 6.45) is 1.68. The zero-order valence-corrected chi connectivity index (χ0v) is 13.9. The van der Waals surface area contributed by atoms with Crippen LogP contribution in [0.1, 0.15) is 24.3 Å². The van der Waals surface area contributed by atoms with Gasteiger partial charge in [0, 0.05) is 4.47 Å². The quantitative estimate of drug-likeness (QED) is 0.817. The Hall–Kier alpha value is -0.780. The summed E-state index contributed by atoms with van der Waals surface area (Å²) >= 11 is 7.10. The number of rotatable bonds is 5. The van der Waals surface area contributed by atoms with E-state index in [-0.39, 0.29) is 6.04 Å². The fraction of sp³-hybridized carbons (Fsp3) is 0.286. The lowest BCUT2D eigenvalue weighted by Gasteiger charge is -2.19. The van der Waals surface area contributed by atoms with Gasteiger partial charge in [0.25, 0.3) is 0 Å². The van der Waals surface area contributed by atoms with Gasteiger partial charge in [-0.25, -0.2) is 0 Å². The molecule has 2 aromatic rings. The molecule has 5 heteroatoms. The van der Waals surface area contributed by atoms with Crippen LogP contribution in [0.25, 0.3) is 0 Å². The summed E-state index contributed by atoms with van der Waals surface area (Å²) in [7, 11) is 1.66. The molecule has 2 rings (SSSR count). The molecule has 0 aliphatic rings. The van der Waals surface area contributed by atoms with Crippen molar-refractivity contribution in [2.45, 2.75) is 13.0 Å². The first-order valence-electron chi connectivity index (χ1n) is 5.97. The topological polar surface area (TPSA) is 34.4 Å². The van der Waals surface area contributed by atoms with Gasteiger partial charge < -0.3 is 14.5 Å². The molecule has 0 aliphatic carbocycles. The largest absolute Gasteiger partial charge is 0.497 e. The number of furan rings is 1. The first-order valence-corrected chi connectivity index (χ1v) is 7.55. The molecule has 19 heavy (non-hydrogen) atoms. The lowest BCUT2D eigenvalue weighted by Crippen LogP contribution is -2.22. The highest BCUT2D eigenvalue weighted by Crippen LogP contribution is 2.35. The third-order valence-corrected chi connectivity index (χ3v) is 4.21. The summed E-state index contributed by atoms with van der Waals surface area (Å²) in [5.41, 5.74) is 1.08. The van der Waals surface area contributed by atoms with Gasteiger partial charge in [-0.15, -0.1) is 0 Å². The van der Waals surface area contributed by atoms with E-state index in [1.165, 1.54) is 0 Å². The fourth-order valence-corrected chi connectivity index (χ4v) is 2.84. The van der Waals surface area contributed by atoms with Gasteiger partial charge in [0.1, 0.15) is 11.5 Å². The molecular formula is C14H15Br2NO2. The van der Waals surface area contributed by atoms with E-state index >= 15 is 0 Å². The van der Waals surface area contributed by atoms with Crippen LogP contribution in [-0.2, 0) is 0 Å². The SMILES string of the molecule is CCNC(c1cc(OC)ccc1Br)c1occc1Br. The molecule has 0 amide bonds. The summed E-state index contributed by atoms with van der Waals surface area (Å²) in [5.74, 6) is 1.68. The molecule has 0 spiro atoms. The summed E-state index contributed by atoms with van der Waals surface area (Å²) < 4.78 is 12.9. The van der Waals surface area contributed by atoms with Crippen molar-refractivity contribution in [2.75, 3.05) is 13.7 Å². The van der Waals surface area contributed by atoms with Crippen molar-refractivity contribution in [3.8, 4) is 5.75 Å². The third kappa shape index (κ3) is 3.22. The molecule has 102 valence electrons. The van der Waals surface area contributed by atoms with E-state index < -0.39 is 0 Å². The normalized spacial score (nSPS) is 12.4. The Kier molecular flexibility index (Phi) is 5.07. The number of benzene rings is 1. The molecule has 0 aliphatic heterocycles. The van der Waals surface area contributed by atoms with E-state index in [9.17, 15) is 0 Å². The summed E-state index contributed by atoms with van der Waals surface area (Å²) in [5, 5.41) is 3.42. The van der Waals surface area contributed by atoms with E-state index in [0.717, 1.165) is 32.6 Å². The highest BCUT2D eigenvalue weighted by Gasteiger charge is 2.21. The molecule has 1 aromatic carbocycles. The number of methoxy groups -OCH3 is 1. The number of hydrogen-bond acceptors (Lipinski definition) is 3. The summed E-state index contributed by atoms with van der Waals surface area (Å²) in [4.78, 5) is 0. The van der Waals surface area contributed by atoms with Crippen LogP contribution in [0.15, 0.2) is 43.9 Å². The predicted molar refractivity (Wildman–Crippen MR) is 82.6 cm³/mol. The molecule has 1 atom stereocenters. The first-order chi connectivity index (χ1) is 9.17. The second-order valence-electron chi connectivity index (χ2n) is 4.01. The minimum atomic E-state index is -0.0288. The Bertz CT molecular complexity index is 554. The highest BCUT2D eigenvalue weighted by molar-refractivity contribution is 9.10. The smallest absolute Gasteiger partial charge is 0.139 e. The molecule has 1 unspecified atom stereocenters. The van der Waals surface area contributed by atoms with Crippen molar-refractivity contribution in [1.82, 2.24) is 5.32 Å². The van der Waals surface area contributed by atoms with Crippen molar-refractivity contribution in [1.29, 1.82) is 0 Å². The Labute approximate surface area is 129 Å². The van der Waals surface area contributed by atoms with Crippen LogP contribution in [0.2, 0.25) is 0 Å². The maximum atomic E-state index is 5.59. The summed E-state index contributed by atoms with van der Waals surface area (Å²) in [6, 6.07) is 7.78. The van der Waals surface area contributed by atoms with Crippen molar-refractivity contribution < 1.29 is 9.15 Å². The zero-order chi connectivity index (χ0) is 13.8. The minimum absolute atomic E-state index is 0.0288. The van der Waals surface area contributed by atoms with Gasteiger partial charge in [0.05, 0.1) is 23.9 Å². The predicted octanol–water partition coefficient (Wildman–Crippen LogP) is 4.51. The zero-order valence-electron chi connectivity index (χ0n) is 10.7. The number of nitrogens with one attached hydrogen (secondary N) is 1. The average molecular weight is 389 g/mol. The number of hydrogen-bond donors (Lipinski definition) is 1. The molecule has 0 bridgehead atoms. The maximum absolute atomic E-state index is 5.59. The monoisotopic (exact) mass is 387 g/mol. The van der Waals surface area contributed by atoms with E-state index in [1.807, 2.05) is 24.3 Å². The number of ether oxygens (including phenoxy) is 1. The van der Waals surface area contributed by atoms with Crippen LogP contribution < -0.4 is 10.1 Å². The molecule has 1 aromatic heterocycles. The lowest BCUT2D eigenvalue weighted by molar-refractivity contribution is 0.411. The fourth-order valence-electron chi connectivity index (χ4n) is 1.93. The molecule has 0 radical (unpaired) electrons. The molecule has 0 fully saturated rings. The van der Waals surface area contributed by atoms with Gasteiger partial charge in [0.15, 0.2) is 0 Å².